The lowest BCUT2D eigenvalue weighted by Gasteiger charge is -2.15. The van der Waals surface area contributed by atoms with Crippen molar-refractivity contribution in [3.8, 4) is 11.5 Å². The topological polar surface area (TPSA) is 81.0 Å². The summed E-state index contributed by atoms with van der Waals surface area (Å²) < 4.78 is 15.8. The average Bonchev–Trinajstić information content (AvgIpc) is 3.29. The van der Waals surface area contributed by atoms with E-state index < -0.39 is 0 Å². The lowest BCUT2D eigenvalue weighted by atomic mass is 10.1. The van der Waals surface area contributed by atoms with Crippen molar-refractivity contribution in [3.63, 3.8) is 0 Å². The van der Waals surface area contributed by atoms with Gasteiger partial charge in [-0.25, -0.2) is 0 Å². The van der Waals surface area contributed by atoms with Gasteiger partial charge in [0.15, 0.2) is 11.5 Å². The molecule has 7 nitrogen and oxygen atoms in total. The number of rotatable bonds is 4. The maximum absolute atomic E-state index is 12.4. The van der Waals surface area contributed by atoms with E-state index in [0.717, 1.165) is 0 Å². The summed E-state index contributed by atoms with van der Waals surface area (Å²) in [6.07, 6.45) is 1.77. The van der Waals surface area contributed by atoms with Crippen LogP contribution in [0.3, 0.4) is 0 Å². The number of anilines is 1. The smallest absolute Gasteiger partial charge is 0.231 e. The third-order valence-electron chi connectivity index (χ3n) is 4.15. The molecule has 7 heteroatoms. The van der Waals surface area contributed by atoms with Crippen LogP contribution in [0.5, 0.6) is 11.5 Å². The molecule has 24 heavy (non-hydrogen) atoms. The molecule has 0 aliphatic carbocycles. The van der Waals surface area contributed by atoms with Gasteiger partial charge in [0.2, 0.25) is 18.6 Å². The molecule has 1 aromatic heterocycles. The fourth-order valence-corrected chi connectivity index (χ4v) is 2.91. The molecule has 3 heterocycles. The Morgan fingerprint density at radius 2 is 2.12 bits per heavy atom. The zero-order valence-corrected chi connectivity index (χ0v) is 12.9. The standard InChI is InChI=1S/C17H16N2O5/c20-16-6-11(8-19(16)9-13-2-1-5-22-13)17(21)18-12-3-4-14-15(7-12)24-10-23-14/h1-5,7,11H,6,8-10H2,(H,18,21)/t11-/m1/s1. The highest BCUT2D eigenvalue weighted by Crippen LogP contribution is 2.34. The molecule has 1 aromatic carbocycles. The fraction of sp³-hybridized carbons (Fsp3) is 0.294. The second-order valence-corrected chi connectivity index (χ2v) is 5.81. The maximum atomic E-state index is 12.4. The predicted octanol–water partition coefficient (Wildman–Crippen LogP) is 2.00. The molecule has 1 fully saturated rings. The van der Waals surface area contributed by atoms with Crippen LogP contribution in [-0.2, 0) is 16.1 Å². The minimum atomic E-state index is -0.377. The van der Waals surface area contributed by atoms with Gasteiger partial charge in [0, 0.05) is 24.7 Å². The molecular weight excluding hydrogens is 312 g/mol. The molecule has 2 aliphatic heterocycles. The molecule has 0 radical (unpaired) electrons. The van der Waals surface area contributed by atoms with Gasteiger partial charge in [0.1, 0.15) is 5.76 Å². The van der Waals surface area contributed by atoms with Crippen LogP contribution < -0.4 is 14.8 Å². The number of amides is 2. The van der Waals surface area contributed by atoms with Crippen molar-refractivity contribution in [3.05, 3.63) is 42.4 Å². The highest BCUT2D eigenvalue weighted by Gasteiger charge is 2.34. The number of hydrogen-bond donors (Lipinski definition) is 1. The molecule has 1 saturated heterocycles. The Kier molecular flexibility index (Phi) is 3.60. The summed E-state index contributed by atoms with van der Waals surface area (Å²) in [6.45, 7) is 0.959. The summed E-state index contributed by atoms with van der Waals surface area (Å²) in [4.78, 5) is 26.2. The second kappa shape index (κ2) is 5.92. The summed E-state index contributed by atoms with van der Waals surface area (Å²) in [5.74, 6) is 1.38. The average molecular weight is 328 g/mol. The SMILES string of the molecule is O=C(Nc1ccc2c(c1)OCO2)[C@@H]1CC(=O)N(Cc2ccco2)C1. The van der Waals surface area contributed by atoms with E-state index in [-0.39, 0.29) is 30.9 Å². The molecule has 0 unspecified atom stereocenters. The van der Waals surface area contributed by atoms with E-state index in [1.54, 1.807) is 35.4 Å². The van der Waals surface area contributed by atoms with Crippen LogP contribution >= 0.6 is 0 Å². The number of likely N-dealkylation sites (tertiary alicyclic amines) is 1. The Morgan fingerprint density at radius 3 is 2.96 bits per heavy atom. The molecule has 4 rings (SSSR count). The van der Waals surface area contributed by atoms with Gasteiger partial charge in [-0.1, -0.05) is 0 Å². The lowest BCUT2D eigenvalue weighted by Crippen LogP contribution is -2.27. The van der Waals surface area contributed by atoms with Gasteiger partial charge in [0.25, 0.3) is 0 Å². The largest absolute Gasteiger partial charge is 0.467 e. The van der Waals surface area contributed by atoms with Crippen molar-refractivity contribution in [1.29, 1.82) is 0 Å². The number of fused-ring (bicyclic) bond motifs is 1. The van der Waals surface area contributed by atoms with Crippen molar-refractivity contribution in [2.24, 2.45) is 5.92 Å². The van der Waals surface area contributed by atoms with Crippen molar-refractivity contribution >= 4 is 17.5 Å². The first-order valence-corrected chi connectivity index (χ1v) is 7.70. The number of nitrogens with one attached hydrogen (secondary N) is 1. The molecule has 2 aliphatic rings. The third-order valence-corrected chi connectivity index (χ3v) is 4.15. The molecule has 1 atom stereocenters. The highest BCUT2D eigenvalue weighted by atomic mass is 16.7. The number of benzene rings is 1. The molecule has 2 amide bonds. The summed E-state index contributed by atoms with van der Waals surface area (Å²) >= 11 is 0. The van der Waals surface area contributed by atoms with E-state index in [0.29, 0.717) is 36.0 Å². The van der Waals surface area contributed by atoms with E-state index >= 15 is 0 Å². The molecular formula is C17H16N2O5. The number of carbonyl (C=O) groups excluding carboxylic acids is 2. The number of furan rings is 1. The molecule has 0 spiro atoms. The maximum Gasteiger partial charge on any atom is 0.231 e. The molecule has 1 N–H and O–H groups in total. The first kappa shape index (κ1) is 14.6. The van der Waals surface area contributed by atoms with Crippen LogP contribution in [0, 0.1) is 5.92 Å². The van der Waals surface area contributed by atoms with Crippen LogP contribution in [0.2, 0.25) is 0 Å². The first-order valence-electron chi connectivity index (χ1n) is 7.70. The van der Waals surface area contributed by atoms with Gasteiger partial charge in [-0.15, -0.1) is 0 Å². The summed E-state index contributed by atoms with van der Waals surface area (Å²) in [5, 5.41) is 2.84. The zero-order chi connectivity index (χ0) is 16.5. The monoisotopic (exact) mass is 328 g/mol. The summed E-state index contributed by atoms with van der Waals surface area (Å²) in [5.41, 5.74) is 0.626. The Morgan fingerprint density at radius 1 is 1.25 bits per heavy atom. The number of ether oxygens (including phenoxy) is 2. The zero-order valence-electron chi connectivity index (χ0n) is 12.9. The quantitative estimate of drug-likeness (QED) is 0.928. The van der Waals surface area contributed by atoms with Crippen LogP contribution in [0.15, 0.2) is 41.0 Å². The van der Waals surface area contributed by atoms with Gasteiger partial charge >= 0.3 is 0 Å². The van der Waals surface area contributed by atoms with Crippen molar-refractivity contribution in [1.82, 2.24) is 4.90 Å². The Balaban J connectivity index is 1.39. The van der Waals surface area contributed by atoms with Gasteiger partial charge < -0.3 is 24.1 Å². The van der Waals surface area contributed by atoms with Crippen LogP contribution in [0.25, 0.3) is 0 Å². The van der Waals surface area contributed by atoms with Crippen molar-refractivity contribution in [2.75, 3.05) is 18.7 Å². The number of nitrogens with zero attached hydrogens (tertiary/aromatic N) is 1. The normalized spacial score (nSPS) is 18.9. The molecule has 124 valence electrons. The molecule has 0 bridgehead atoms. The minimum absolute atomic E-state index is 0.0442. The molecule has 2 aromatic rings. The van der Waals surface area contributed by atoms with E-state index in [1.807, 2.05) is 6.07 Å². The van der Waals surface area contributed by atoms with Crippen molar-refractivity contribution in [2.45, 2.75) is 13.0 Å². The second-order valence-electron chi connectivity index (χ2n) is 5.81. The highest BCUT2D eigenvalue weighted by molar-refractivity contribution is 5.97. The fourth-order valence-electron chi connectivity index (χ4n) is 2.91. The Bertz CT molecular complexity index is 771. The van der Waals surface area contributed by atoms with Gasteiger partial charge in [-0.05, 0) is 24.3 Å². The van der Waals surface area contributed by atoms with E-state index in [1.165, 1.54) is 0 Å². The van der Waals surface area contributed by atoms with Gasteiger partial charge in [-0.3, -0.25) is 9.59 Å². The summed E-state index contributed by atoms with van der Waals surface area (Å²) in [6, 6.07) is 8.81. The number of carbonyl (C=O) groups is 2. The van der Waals surface area contributed by atoms with Gasteiger partial charge in [0.05, 0.1) is 18.7 Å². The third kappa shape index (κ3) is 2.80. The van der Waals surface area contributed by atoms with Gasteiger partial charge in [-0.2, -0.15) is 0 Å². The first-order chi connectivity index (χ1) is 11.7. The van der Waals surface area contributed by atoms with Crippen LogP contribution in [-0.4, -0.2) is 30.1 Å². The minimum Gasteiger partial charge on any atom is -0.467 e. The van der Waals surface area contributed by atoms with Crippen LogP contribution in [0.4, 0.5) is 5.69 Å². The Labute approximate surface area is 138 Å². The van der Waals surface area contributed by atoms with E-state index in [9.17, 15) is 9.59 Å². The van der Waals surface area contributed by atoms with Crippen molar-refractivity contribution < 1.29 is 23.5 Å². The van der Waals surface area contributed by atoms with Crippen LogP contribution in [0.1, 0.15) is 12.2 Å². The predicted molar refractivity (Wildman–Crippen MR) is 83.4 cm³/mol. The van der Waals surface area contributed by atoms with E-state index in [2.05, 4.69) is 5.32 Å². The molecule has 0 saturated carbocycles. The lowest BCUT2D eigenvalue weighted by molar-refractivity contribution is -0.128. The Hall–Kier alpha value is -2.96. The van der Waals surface area contributed by atoms with E-state index in [4.69, 9.17) is 13.9 Å². The summed E-state index contributed by atoms with van der Waals surface area (Å²) in [7, 11) is 0. The number of hydrogen-bond acceptors (Lipinski definition) is 5.